The summed E-state index contributed by atoms with van der Waals surface area (Å²) in [5.41, 5.74) is 6.89. The zero-order valence-corrected chi connectivity index (χ0v) is 14.7. The fourth-order valence-corrected chi connectivity index (χ4v) is 2.02. The highest BCUT2D eigenvalue weighted by molar-refractivity contribution is 5.89. The minimum Gasteiger partial charge on any atom is -0.469 e. The van der Waals surface area contributed by atoms with Gasteiger partial charge < -0.3 is 20.5 Å². The van der Waals surface area contributed by atoms with E-state index < -0.39 is 35.8 Å². The van der Waals surface area contributed by atoms with Gasteiger partial charge in [-0.15, -0.1) is 12.4 Å². The molecule has 0 bridgehead atoms. The van der Waals surface area contributed by atoms with E-state index in [4.69, 9.17) is 5.73 Å². The molecule has 0 spiro atoms. The van der Waals surface area contributed by atoms with E-state index in [9.17, 15) is 14.4 Å². The Morgan fingerprint density at radius 1 is 1.12 bits per heavy atom. The largest absolute Gasteiger partial charge is 0.469 e. The molecule has 3 atom stereocenters. The number of rotatable bonds is 7. The normalized spacial score (nSPS) is 13.7. The molecule has 1 aromatic carbocycles. The molecule has 8 heteroatoms. The van der Waals surface area contributed by atoms with Crippen molar-refractivity contribution in [1.29, 1.82) is 0 Å². The van der Waals surface area contributed by atoms with E-state index in [2.05, 4.69) is 14.8 Å². The summed E-state index contributed by atoms with van der Waals surface area (Å²) in [6.07, 6.45) is -0.303. The Labute approximate surface area is 147 Å². The van der Waals surface area contributed by atoms with Crippen molar-refractivity contribution in [3.63, 3.8) is 0 Å². The van der Waals surface area contributed by atoms with Crippen LogP contribution in [0.5, 0.6) is 0 Å². The maximum absolute atomic E-state index is 12.3. The first-order chi connectivity index (χ1) is 10.9. The molecule has 3 unspecified atom stereocenters. The summed E-state index contributed by atoms with van der Waals surface area (Å²) in [5, 5.41) is 2.49. The lowest BCUT2D eigenvalue weighted by Crippen LogP contribution is -2.46. The van der Waals surface area contributed by atoms with Crippen LogP contribution in [0.2, 0.25) is 0 Å². The summed E-state index contributed by atoms with van der Waals surface area (Å²) in [6, 6.07) is 7.51. The molecule has 7 nitrogen and oxygen atoms in total. The molecule has 0 saturated carbocycles. The SMILES string of the molecule is COC(=O)CC(NC(=O)C(C)C(N)c1ccccc1)C(=O)OC.Cl. The molecule has 24 heavy (non-hydrogen) atoms. The molecule has 0 aliphatic heterocycles. The zero-order valence-electron chi connectivity index (χ0n) is 13.9. The highest BCUT2D eigenvalue weighted by Gasteiger charge is 2.29. The van der Waals surface area contributed by atoms with Crippen LogP contribution in [0.3, 0.4) is 0 Å². The molecule has 1 aromatic rings. The van der Waals surface area contributed by atoms with Crippen LogP contribution in [0.4, 0.5) is 0 Å². The average molecular weight is 359 g/mol. The molecule has 0 aliphatic carbocycles. The minimum atomic E-state index is -1.11. The average Bonchev–Trinajstić information content (AvgIpc) is 2.59. The van der Waals surface area contributed by atoms with Crippen molar-refractivity contribution >= 4 is 30.3 Å². The van der Waals surface area contributed by atoms with Crippen LogP contribution in [-0.4, -0.2) is 38.1 Å². The molecule has 0 saturated heterocycles. The van der Waals surface area contributed by atoms with E-state index >= 15 is 0 Å². The van der Waals surface area contributed by atoms with Crippen LogP contribution >= 0.6 is 12.4 Å². The molecule has 1 rings (SSSR count). The smallest absolute Gasteiger partial charge is 0.328 e. The molecular weight excluding hydrogens is 336 g/mol. The van der Waals surface area contributed by atoms with E-state index in [0.717, 1.165) is 5.56 Å². The Bertz CT molecular complexity index is 553. The second kappa shape index (κ2) is 10.6. The molecule has 0 radical (unpaired) electrons. The van der Waals surface area contributed by atoms with Gasteiger partial charge in [-0.3, -0.25) is 9.59 Å². The van der Waals surface area contributed by atoms with Crippen molar-refractivity contribution in [3.05, 3.63) is 35.9 Å². The van der Waals surface area contributed by atoms with Crippen LogP contribution in [0.1, 0.15) is 24.9 Å². The number of halogens is 1. The van der Waals surface area contributed by atoms with Crippen molar-refractivity contribution in [2.45, 2.75) is 25.4 Å². The number of hydrogen-bond acceptors (Lipinski definition) is 6. The van der Waals surface area contributed by atoms with E-state index in [1.807, 2.05) is 30.3 Å². The highest BCUT2D eigenvalue weighted by atomic mass is 35.5. The number of methoxy groups -OCH3 is 2. The van der Waals surface area contributed by atoms with Crippen molar-refractivity contribution in [3.8, 4) is 0 Å². The summed E-state index contributed by atoms with van der Waals surface area (Å²) in [4.78, 5) is 35.3. The van der Waals surface area contributed by atoms with Crippen molar-refractivity contribution in [1.82, 2.24) is 5.32 Å². The molecule has 134 valence electrons. The number of ether oxygens (including phenoxy) is 2. The number of amides is 1. The third-order valence-electron chi connectivity index (χ3n) is 3.54. The maximum Gasteiger partial charge on any atom is 0.328 e. The zero-order chi connectivity index (χ0) is 17.4. The van der Waals surface area contributed by atoms with Crippen LogP contribution in [-0.2, 0) is 23.9 Å². The number of benzene rings is 1. The van der Waals surface area contributed by atoms with Crippen molar-refractivity contribution in [2.24, 2.45) is 11.7 Å². The van der Waals surface area contributed by atoms with Gasteiger partial charge >= 0.3 is 11.9 Å². The molecule has 3 N–H and O–H groups in total. The third-order valence-corrected chi connectivity index (χ3v) is 3.54. The summed E-state index contributed by atoms with van der Waals surface area (Å²) in [5.74, 6) is -2.38. The minimum absolute atomic E-state index is 0. The van der Waals surface area contributed by atoms with Gasteiger partial charge in [0.05, 0.1) is 26.6 Å². The van der Waals surface area contributed by atoms with Gasteiger partial charge in [0.2, 0.25) is 5.91 Å². The second-order valence-electron chi connectivity index (χ2n) is 5.09. The predicted molar refractivity (Wildman–Crippen MR) is 90.4 cm³/mol. The van der Waals surface area contributed by atoms with Gasteiger partial charge in [0.1, 0.15) is 6.04 Å². The first-order valence-electron chi connectivity index (χ1n) is 7.16. The Kier molecular flexibility index (Phi) is 9.68. The first kappa shape index (κ1) is 21.9. The topological polar surface area (TPSA) is 108 Å². The summed E-state index contributed by atoms with van der Waals surface area (Å²) in [7, 11) is 2.38. The van der Waals surface area contributed by atoms with E-state index in [0.29, 0.717) is 0 Å². The maximum atomic E-state index is 12.3. The summed E-state index contributed by atoms with van der Waals surface area (Å²) in [6.45, 7) is 1.65. The number of hydrogen-bond donors (Lipinski definition) is 2. The highest BCUT2D eigenvalue weighted by Crippen LogP contribution is 2.19. The van der Waals surface area contributed by atoms with E-state index in [-0.39, 0.29) is 18.8 Å². The molecule has 0 heterocycles. The van der Waals surface area contributed by atoms with Crippen molar-refractivity contribution < 1.29 is 23.9 Å². The van der Waals surface area contributed by atoms with Crippen molar-refractivity contribution in [2.75, 3.05) is 14.2 Å². The quantitative estimate of drug-likeness (QED) is 0.703. The number of carbonyl (C=O) groups excluding carboxylic acids is 3. The number of nitrogens with one attached hydrogen (secondary N) is 1. The molecule has 0 aromatic heterocycles. The monoisotopic (exact) mass is 358 g/mol. The Balaban J connectivity index is 0.00000529. The molecule has 0 aliphatic rings. The van der Waals surface area contributed by atoms with E-state index in [1.165, 1.54) is 14.2 Å². The summed E-state index contributed by atoms with van der Waals surface area (Å²) < 4.78 is 9.10. The lowest BCUT2D eigenvalue weighted by molar-refractivity contribution is -0.151. The lowest BCUT2D eigenvalue weighted by Gasteiger charge is -2.22. The number of nitrogens with two attached hydrogens (primary N) is 1. The Morgan fingerprint density at radius 3 is 2.21 bits per heavy atom. The predicted octanol–water partition coefficient (Wildman–Crippen LogP) is 0.965. The fourth-order valence-electron chi connectivity index (χ4n) is 2.02. The lowest BCUT2D eigenvalue weighted by atomic mass is 9.94. The van der Waals surface area contributed by atoms with Crippen LogP contribution in [0, 0.1) is 5.92 Å². The van der Waals surface area contributed by atoms with Gasteiger partial charge in [-0.05, 0) is 5.56 Å². The Morgan fingerprint density at radius 2 is 1.71 bits per heavy atom. The third kappa shape index (κ3) is 6.17. The van der Waals surface area contributed by atoms with Crippen LogP contribution < -0.4 is 11.1 Å². The molecule has 1 amide bonds. The standard InChI is InChI=1S/C16H22N2O5.ClH/c1-10(14(17)11-7-5-4-6-8-11)15(20)18-12(16(21)23-3)9-13(19)22-2;/h4-8,10,12,14H,9,17H2,1-3H3,(H,18,20);1H. The Hall–Kier alpha value is -2.12. The van der Waals surface area contributed by atoms with Crippen LogP contribution in [0.15, 0.2) is 30.3 Å². The van der Waals surface area contributed by atoms with Gasteiger partial charge in [0.25, 0.3) is 0 Å². The number of esters is 2. The van der Waals surface area contributed by atoms with Crippen LogP contribution in [0.25, 0.3) is 0 Å². The summed E-state index contributed by atoms with van der Waals surface area (Å²) >= 11 is 0. The second-order valence-corrected chi connectivity index (χ2v) is 5.09. The van der Waals surface area contributed by atoms with Gasteiger partial charge in [-0.1, -0.05) is 37.3 Å². The van der Waals surface area contributed by atoms with Gasteiger partial charge in [-0.2, -0.15) is 0 Å². The molecule has 0 fully saturated rings. The fraction of sp³-hybridized carbons (Fsp3) is 0.438. The van der Waals surface area contributed by atoms with Gasteiger partial charge in [-0.25, -0.2) is 4.79 Å². The first-order valence-corrected chi connectivity index (χ1v) is 7.16. The number of carbonyl (C=O) groups is 3. The van der Waals surface area contributed by atoms with E-state index in [1.54, 1.807) is 6.92 Å². The van der Waals surface area contributed by atoms with Gasteiger partial charge in [0, 0.05) is 6.04 Å². The van der Waals surface area contributed by atoms with Gasteiger partial charge in [0.15, 0.2) is 0 Å². The molecular formula is C16H23ClN2O5.